The van der Waals surface area contributed by atoms with Crippen LogP contribution < -0.4 is 5.32 Å². The Labute approximate surface area is 64.3 Å². The number of benzene rings is 1. The minimum absolute atomic E-state index is 0.708. The fourth-order valence-corrected chi connectivity index (χ4v) is 1.27. The van der Waals surface area contributed by atoms with E-state index in [0.717, 1.165) is 5.56 Å². The molecule has 3 N–H and O–H groups in total. The highest BCUT2D eigenvalue weighted by molar-refractivity contribution is 5.33. The average molecular weight is 150 g/mol. The van der Waals surface area contributed by atoms with Gasteiger partial charge in [-0.15, -0.1) is 0 Å². The second-order valence-electron chi connectivity index (χ2n) is 2.53. The molecule has 1 aromatic carbocycles. The van der Waals surface area contributed by atoms with Gasteiger partial charge in [0.05, 0.1) is 0 Å². The van der Waals surface area contributed by atoms with E-state index in [2.05, 4.69) is 11.4 Å². The minimum Gasteiger partial charge on any atom is -0.374 e. The van der Waals surface area contributed by atoms with Gasteiger partial charge in [-0.3, -0.25) is 5.32 Å². The van der Waals surface area contributed by atoms with Gasteiger partial charge in [-0.25, -0.2) is 0 Å². The molecule has 0 fully saturated rings. The molecule has 0 saturated heterocycles. The Kier molecular flexibility index (Phi) is 1.42. The van der Waals surface area contributed by atoms with Gasteiger partial charge in [0.2, 0.25) is 0 Å². The number of rotatable bonds is 0. The van der Waals surface area contributed by atoms with Gasteiger partial charge in [-0.05, 0) is 12.1 Å². The van der Waals surface area contributed by atoms with Crippen molar-refractivity contribution in [2.24, 2.45) is 0 Å². The van der Waals surface area contributed by atoms with E-state index in [1.807, 2.05) is 0 Å². The van der Waals surface area contributed by atoms with Crippen molar-refractivity contribution in [3.8, 4) is 0 Å². The van der Waals surface area contributed by atoms with Crippen molar-refractivity contribution < 1.29 is 10.2 Å². The minimum atomic E-state index is -0.752. The Hall–Kier alpha value is -0.900. The Bertz CT molecular complexity index is 248. The molecule has 1 heterocycles. The summed E-state index contributed by atoms with van der Waals surface area (Å²) in [5.41, 5.74) is 1.44. The molecule has 2 rings (SSSR count). The van der Waals surface area contributed by atoms with Crippen LogP contribution in [0.4, 0.5) is 0 Å². The Morgan fingerprint density at radius 3 is 2.73 bits per heavy atom. The predicted molar refractivity (Wildman–Crippen MR) is 38.3 cm³/mol. The quantitative estimate of drug-likeness (QED) is 0.490. The zero-order valence-electron chi connectivity index (χ0n) is 5.78. The van der Waals surface area contributed by atoms with Gasteiger partial charge < -0.3 is 10.2 Å². The molecule has 0 aliphatic carbocycles. The van der Waals surface area contributed by atoms with Gasteiger partial charge in [0.25, 0.3) is 0 Å². The topological polar surface area (TPSA) is 52.5 Å². The largest absolute Gasteiger partial charge is 0.374 e. The van der Waals surface area contributed by atoms with Gasteiger partial charge in [-0.1, -0.05) is 12.1 Å². The molecule has 2 atom stereocenters. The van der Waals surface area contributed by atoms with Crippen LogP contribution in [0, 0.1) is 6.07 Å². The first kappa shape index (κ1) is 6.79. The van der Waals surface area contributed by atoms with E-state index >= 15 is 0 Å². The first-order valence-corrected chi connectivity index (χ1v) is 3.41. The summed E-state index contributed by atoms with van der Waals surface area (Å²) >= 11 is 0. The standard InChI is InChI=1S/C8H8NO2/c10-7-5-3-1-2-4-6(5)8(11)9-7/h1,3-4,7-11H. The van der Waals surface area contributed by atoms with Crippen molar-refractivity contribution in [2.45, 2.75) is 12.5 Å². The lowest BCUT2D eigenvalue weighted by molar-refractivity contribution is 0.0671. The summed E-state index contributed by atoms with van der Waals surface area (Å²) in [6.07, 6.45) is -1.49. The van der Waals surface area contributed by atoms with Gasteiger partial charge in [-0.2, -0.15) is 0 Å². The lowest BCUT2D eigenvalue weighted by Gasteiger charge is -2.02. The molecule has 0 aromatic heterocycles. The molecule has 57 valence electrons. The lowest BCUT2D eigenvalue weighted by Crippen LogP contribution is -2.16. The highest BCUT2D eigenvalue weighted by atomic mass is 16.3. The highest BCUT2D eigenvalue weighted by Gasteiger charge is 2.25. The second kappa shape index (κ2) is 2.30. The molecule has 1 aliphatic heterocycles. The van der Waals surface area contributed by atoms with Crippen molar-refractivity contribution in [1.82, 2.24) is 5.32 Å². The van der Waals surface area contributed by atoms with Crippen molar-refractivity contribution in [2.75, 3.05) is 0 Å². The van der Waals surface area contributed by atoms with Crippen LogP contribution in [-0.4, -0.2) is 10.2 Å². The zero-order valence-corrected chi connectivity index (χ0v) is 5.78. The summed E-state index contributed by atoms with van der Waals surface area (Å²) in [6, 6.07) is 7.95. The van der Waals surface area contributed by atoms with E-state index in [0.29, 0.717) is 5.56 Å². The molecule has 1 aliphatic rings. The molecule has 0 amide bonds. The van der Waals surface area contributed by atoms with Gasteiger partial charge in [0, 0.05) is 11.1 Å². The van der Waals surface area contributed by atoms with E-state index < -0.39 is 12.5 Å². The maximum Gasteiger partial charge on any atom is 0.133 e. The van der Waals surface area contributed by atoms with Crippen LogP contribution in [0.1, 0.15) is 23.6 Å². The fourth-order valence-electron chi connectivity index (χ4n) is 1.27. The zero-order chi connectivity index (χ0) is 7.84. The Balaban J connectivity index is 2.52. The van der Waals surface area contributed by atoms with E-state index in [1.165, 1.54) is 0 Å². The second-order valence-corrected chi connectivity index (χ2v) is 2.53. The molecule has 0 saturated carbocycles. The molecule has 0 spiro atoms. The number of fused-ring (bicyclic) bond motifs is 1. The first-order valence-electron chi connectivity index (χ1n) is 3.41. The molecule has 3 heteroatoms. The van der Waals surface area contributed by atoms with E-state index in [1.54, 1.807) is 18.2 Å². The summed E-state index contributed by atoms with van der Waals surface area (Å²) in [5, 5.41) is 21.1. The van der Waals surface area contributed by atoms with Crippen molar-refractivity contribution in [1.29, 1.82) is 0 Å². The Morgan fingerprint density at radius 2 is 2.00 bits per heavy atom. The van der Waals surface area contributed by atoms with Gasteiger partial charge >= 0.3 is 0 Å². The van der Waals surface area contributed by atoms with E-state index in [4.69, 9.17) is 0 Å². The average Bonchev–Trinajstić information content (AvgIpc) is 2.30. The summed E-state index contributed by atoms with van der Waals surface area (Å²) < 4.78 is 0. The van der Waals surface area contributed by atoms with Crippen LogP contribution in [-0.2, 0) is 0 Å². The number of hydrogen-bond donors (Lipinski definition) is 3. The maximum absolute atomic E-state index is 9.27. The predicted octanol–water partition coefficient (Wildman–Crippen LogP) is 0.0718. The maximum atomic E-state index is 9.27. The van der Waals surface area contributed by atoms with E-state index in [9.17, 15) is 10.2 Å². The molecule has 0 bridgehead atoms. The summed E-state index contributed by atoms with van der Waals surface area (Å²) in [7, 11) is 0. The van der Waals surface area contributed by atoms with Crippen LogP contribution in [0.2, 0.25) is 0 Å². The molecular formula is C8H8NO2. The highest BCUT2D eigenvalue weighted by Crippen LogP contribution is 2.28. The number of aliphatic hydroxyl groups excluding tert-OH is 2. The number of nitrogens with one attached hydrogen (secondary N) is 1. The SMILES string of the molecule is OC1NC(O)c2cc[c]cc21. The lowest BCUT2D eigenvalue weighted by atomic mass is 10.1. The van der Waals surface area contributed by atoms with Gasteiger partial charge in [0.15, 0.2) is 0 Å². The van der Waals surface area contributed by atoms with Crippen molar-refractivity contribution in [3.05, 3.63) is 35.4 Å². The van der Waals surface area contributed by atoms with Crippen molar-refractivity contribution >= 4 is 0 Å². The molecular weight excluding hydrogens is 142 g/mol. The summed E-state index contributed by atoms with van der Waals surface area (Å²) in [5.74, 6) is 0. The monoisotopic (exact) mass is 150 g/mol. The van der Waals surface area contributed by atoms with Crippen LogP contribution in [0.15, 0.2) is 18.2 Å². The van der Waals surface area contributed by atoms with Crippen molar-refractivity contribution in [3.63, 3.8) is 0 Å². The van der Waals surface area contributed by atoms with Crippen LogP contribution >= 0.6 is 0 Å². The Morgan fingerprint density at radius 1 is 1.27 bits per heavy atom. The third-order valence-corrected chi connectivity index (χ3v) is 1.84. The van der Waals surface area contributed by atoms with E-state index in [-0.39, 0.29) is 0 Å². The number of aliphatic hydroxyl groups is 2. The summed E-state index contributed by atoms with van der Waals surface area (Å²) in [6.45, 7) is 0. The van der Waals surface area contributed by atoms with Crippen LogP contribution in [0.5, 0.6) is 0 Å². The smallest absolute Gasteiger partial charge is 0.133 e. The summed E-state index contributed by atoms with van der Waals surface area (Å²) in [4.78, 5) is 0. The number of hydrogen-bond acceptors (Lipinski definition) is 3. The van der Waals surface area contributed by atoms with Gasteiger partial charge in [0.1, 0.15) is 12.5 Å². The molecule has 1 aromatic rings. The first-order chi connectivity index (χ1) is 5.29. The molecule has 3 nitrogen and oxygen atoms in total. The fraction of sp³-hybridized carbons (Fsp3) is 0.250. The molecule has 2 unspecified atom stereocenters. The molecule has 11 heavy (non-hydrogen) atoms. The third-order valence-electron chi connectivity index (χ3n) is 1.84. The normalized spacial score (nSPS) is 28.5. The third kappa shape index (κ3) is 0.939. The van der Waals surface area contributed by atoms with Crippen LogP contribution in [0.3, 0.4) is 0 Å². The van der Waals surface area contributed by atoms with Crippen LogP contribution in [0.25, 0.3) is 0 Å². The molecule has 1 radical (unpaired) electrons.